The van der Waals surface area contributed by atoms with E-state index in [0.717, 1.165) is 5.56 Å². The number of aromatic amines is 1. The van der Waals surface area contributed by atoms with Gasteiger partial charge in [-0.15, -0.1) is 0 Å². The highest BCUT2D eigenvalue weighted by atomic mass is 16.6. The van der Waals surface area contributed by atoms with Crippen molar-refractivity contribution < 1.29 is 4.92 Å². The number of benzene rings is 1. The third-order valence-corrected chi connectivity index (χ3v) is 2.64. The lowest BCUT2D eigenvalue weighted by molar-refractivity contribution is -0.384. The van der Waals surface area contributed by atoms with Crippen LogP contribution >= 0.6 is 0 Å². The van der Waals surface area contributed by atoms with Gasteiger partial charge in [0.1, 0.15) is 11.5 Å². The average molecular weight is 247 g/mol. The van der Waals surface area contributed by atoms with Gasteiger partial charge in [0, 0.05) is 17.7 Å². The molecule has 7 heteroatoms. The van der Waals surface area contributed by atoms with Crippen LogP contribution in [-0.2, 0) is 6.54 Å². The number of nitro benzene ring substituents is 1. The maximum Gasteiger partial charge on any atom is 0.295 e. The Balaban J connectivity index is 2.22. The molecule has 0 fully saturated rings. The second-order valence-electron chi connectivity index (χ2n) is 3.89. The van der Waals surface area contributed by atoms with Gasteiger partial charge in [0.25, 0.3) is 5.69 Å². The number of nitrogens with zero attached hydrogens (tertiary/aromatic N) is 2. The summed E-state index contributed by atoms with van der Waals surface area (Å²) < 4.78 is 0. The number of nitrogens with two attached hydrogens (primary N) is 1. The molecule has 1 aromatic heterocycles. The Morgan fingerprint density at radius 3 is 2.94 bits per heavy atom. The standard InChI is InChI=1S/C11H13N5O2/c1-7-3-2-4-9(10(7)16(17)18)13-5-8-6-14-15-11(8)12/h2-4,6,13H,5H2,1H3,(H3,12,14,15). The minimum atomic E-state index is -0.392. The molecule has 0 aliphatic heterocycles. The zero-order valence-electron chi connectivity index (χ0n) is 9.80. The number of H-pyrrole nitrogens is 1. The van der Waals surface area contributed by atoms with Crippen LogP contribution in [0.1, 0.15) is 11.1 Å². The topological polar surface area (TPSA) is 110 Å². The van der Waals surface area contributed by atoms with E-state index in [-0.39, 0.29) is 5.69 Å². The first kappa shape index (κ1) is 11.9. The van der Waals surface area contributed by atoms with E-state index in [1.165, 1.54) is 0 Å². The van der Waals surface area contributed by atoms with Gasteiger partial charge in [0.2, 0.25) is 0 Å². The lowest BCUT2D eigenvalue weighted by atomic mass is 10.1. The highest BCUT2D eigenvalue weighted by Crippen LogP contribution is 2.28. The predicted octanol–water partition coefficient (Wildman–Crippen LogP) is 1.82. The zero-order chi connectivity index (χ0) is 13.1. The van der Waals surface area contributed by atoms with E-state index in [1.807, 2.05) is 0 Å². The molecule has 0 saturated carbocycles. The second kappa shape index (κ2) is 4.74. The summed E-state index contributed by atoms with van der Waals surface area (Å²) in [6.07, 6.45) is 1.59. The van der Waals surface area contributed by atoms with Crippen molar-refractivity contribution >= 4 is 17.2 Å². The van der Waals surface area contributed by atoms with Crippen molar-refractivity contribution in [2.75, 3.05) is 11.1 Å². The van der Waals surface area contributed by atoms with E-state index in [9.17, 15) is 10.1 Å². The van der Waals surface area contributed by atoms with Crippen molar-refractivity contribution in [1.82, 2.24) is 10.2 Å². The molecule has 94 valence electrons. The molecule has 0 radical (unpaired) electrons. The monoisotopic (exact) mass is 247 g/mol. The second-order valence-corrected chi connectivity index (χ2v) is 3.89. The van der Waals surface area contributed by atoms with Crippen LogP contribution in [-0.4, -0.2) is 15.1 Å². The molecule has 1 heterocycles. The van der Waals surface area contributed by atoms with Crippen molar-refractivity contribution in [3.63, 3.8) is 0 Å². The SMILES string of the molecule is Cc1cccc(NCc2cn[nH]c2N)c1[N+](=O)[O-]. The smallest absolute Gasteiger partial charge is 0.295 e. The van der Waals surface area contributed by atoms with Crippen molar-refractivity contribution in [3.8, 4) is 0 Å². The molecule has 1 aromatic carbocycles. The largest absolute Gasteiger partial charge is 0.384 e. The highest BCUT2D eigenvalue weighted by Gasteiger charge is 2.16. The Morgan fingerprint density at radius 2 is 2.33 bits per heavy atom. The third kappa shape index (κ3) is 2.24. The van der Waals surface area contributed by atoms with Gasteiger partial charge < -0.3 is 11.1 Å². The van der Waals surface area contributed by atoms with Crippen LogP contribution in [0.15, 0.2) is 24.4 Å². The Labute approximate surface area is 103 Å². The van der Waals surface area contributed by atoms with Gasteiger partial charge in [-0.25, -0.2) is 0 Å². The van der Waals surface area contributed by atoms with Gasteiger partial charge in [-0.2, -0.15) is 5.10 Å². The molecule has 2 rings (SSSR count). The zero-order valence-corrected chi connectivity index (χ0v) is 9.80. The Kier molecular flexibility index (Phi) is 3.13. The van der Waals surface area contributed by atoms with Crippen molar-refractivity contribution in [2.24, 2.45) is 0 Å². The van der Waals surface area contributed by atoms with E-state index in [1.54, 1.807) is 31.3 Å². The first-order chi connectivity index (χ1) is 8.59. The molecule has 0 aliphatic carbocycles. The van der Waals surface area contributed by atoms with Crippen molar-refractivity contribution in [2.45, 2.75) is 13.5 Å². The Hall–Kier alpha value is -2.57. The van der Waals surface area contributed by atoms with Gasteiger partial charge in [-0.1, -0.05) is 12.1 Å². The van der Waals surface area contributed by atoms with E-state index < -0.39 is 4.92 Å². The third-order valence-electron chi connectivity index (χ3n) is 2.64. The number of aromatic nitrogens is 2. The van der Waals surface area contributed by atoms with Crippen LogP contribution in [0, 0.1) is 17.0 Å². The van der Waals surface area contributed by atoms with Gasteiger partial charge in [0.15, 0.2) is 0 Å². The summed E-state index contributed by atoms with van der Waals surface area (Å²) in [4.78, 5) is 10.6. The molecule has 0 amide bonds. The van der Waals surface area contributed by atoms with Crippen molar-refractivity contribution in [1.29, 1.82) is 0 Å². The number of nitrogens with one attached hydrogen (secondary N) is 2. The summed E-state index contributed by atoms with van der Waals surface area (Å²) in [5.41, 5.74) is 7.58. The Bertz CT molecular complexity index is 579. The number of anilines is 2. The molecule has 4 N–H and O–H groups in total. The van der Waals surface area contributed by atoms with E-state index in [2.05, 4.69) is 15.5 Å². The fourth-order valence-corrected chi connectivity index (χ4v) is 1.70. The van der Waals surface area contributed by atoms with Crippen LogP contribution in [0.5, 0.6) is 0 Å². The highest BCUT2D eigenvalue weighted by molar-refractivity contribution is 5.65. The lowest BCUT2D eigenvalue weighted by Crippen LogP contribution is -2.04. The quantitative estimate of drug-likeness (QED) is 0.563. The number of nitrogen functional groups attached to an aromatic ring is 1. The van der Waals surface area contributed by atoms with Crippen LogP contribution in [0.4, 0.5) is 17.2 Å². The molecular formula is C11H13N5O2. The number of para-hydroxylation sites is 1. The lowest BCUT2D eigenvalue weighted by Gasteiger charge is -2.07. The summed E-state index contributed by atoms with van der Waals surface area (Å²) in [5, 5.41) is 20.4. The Morgan fingerprint density at radius 1 is 1.56 bits per heavy atom. The summed E-state index contributed by atoms with van der Waals surface area (Å²) in [6.45, 7) is 2.09. The summed E-state index contributed by atoms with van der Waals surface area (Å²) >= 11 is 0. The molecule has 0 atom stereocenters. The minimum absolute atomic E-state index is 0.0829. The molecule has 2 aromatic rings. The predicted molar refractivity (Wildman–Crippen MR) is 68.2 cm³/mol. The van der Waals surface area contributed by atoms with Gasteiger partial charge >= 0.3 is 0 Å². The van der Waals surface area contributed by atoms with E-state index in [0.29, 0.717) is 23.6 Å². The summed E-state index contributed by atoms with van der Waals surface area (Å²) in [6, 6.07) is 5.14. The maximum atomic E-state index is 11.0. The van der Waals surface area contributed by atoms with Crippen LogP contribution in [0.3, 0.4) is 0 Å². The number of hydrogen-bond donors (Lipinski definition) is 3. The summed E-state index contributed by atoms with van der Waals surface area (Å²) in [7, 11) is 0. The average Bonchev–Trinajstić information content (AvgIpc) is 2.71. The van der Waals surface area contributed by atoms with Crippen LogP contribution in [0.25, 0.3) is 0 Å². The summed E-state index contributed by atoms with van der Waals surface area (Å²) in [5.74, 6) is 0.456. The fraction of sp³-hybridized carbons (Fsp3) is 0.182. The maximum absolute atomic E-state index is 11.0. The van der Waals surface area contributed by atoms with E-state index >= 15 is 0 Å². The number of nitro groups is 1. The normalized spacial score (nSPS) is 10.3. The van der Waals surface area contributed by atoms with Gasteiger partial charge in [0.05, 0.1) is 11.1 Å². The minimum Gasteiger partial charge on any atom is -0.384 e. The molecular weight excluding hydrogens is 234 g/mol. The van der Waals surface area contributed by atoms with Crippen molar-refractivity contribution in [3.05, 3.63) is 45.6 Å². The number of aryl methyl sites for hydroxylation is 1. The fourth-order valence-electron chi connectivity index (χ4n) is 1.70. The van der Waals surface area contributed by atoms with Gasteiger partial charge in [-0.05, 0) is 13.0 Å². The first-order valence-electron chi connectivity index (χ1n) is 5.35. The molecule has 0 unspecified atom stereocenters. The molecule has 0 spiro atoms. The molecule has 7 nitrogen and oxygen atoms in total. The molecule has 0 aliphatic rings. The van der Waals surface area contributed by atoms with Gasteiger partial charge in [-0.3, -0.25) is 15.2 Å². The van der Waals surface area contributed by atoms with Crippen LogP contribution in [0.2, 0.25) is 0 Å². The molecule has 0 bridgehead atoms. The number of hydrogen-bond acceptors (Lipinski definition) is 5. The number of rotatable bonds is 4. The van der Waals surface area contributed by atoms with Crippen LogP contribution < -0.4 is 11.1 Å². The van der Waals surface area contributed by atoms with E-state index in [4.69, 9.17) is 5.73 Å². The first-order valence-corrected chi connectivity index (χ1v) is 5.35. The molecule has 18 heavy (non-hydrogen) atoms. The molecule has 0 saturated heterocycles.